The normalized spacial score (nSPS) is 22.1. The van der Waals surface area contributed by atoms with Crippen LogP contribution in [0.2, 0.25) is 0 Å². The van der Waals surface area contributed by atoms with Gasteiger partial charge in [-0.25, -0.2) is 9.96 Å². The number of nitrogens with zero attached hydrogens (tertiary/aromatic N) is 2. The second kappa shape index (κ2) is 8.26. The van der Waals surface area contributed by atoms with Crippen molar-refractivity contribution >= 4 is 23.2 Å². The van der Waals surface area contributed by atoms with Crippen LogP contribution in [-0.4, -0.2) is 29.6 Å². The molecule has 3 aromatic rings. The van der Waals surface area contributed by atoms with Gasteiger partial charge in [-0.3, -0.25) is 14.4 Å². The van der Waals surface area contributed by atoms with Crippen molar-refractivity contribution in [2.24, 2.45) is 5.92 Å². The molecule has 2 amide bonds. The van der Waals surface area contributed by atoms with Crippen molar-refractivity contribution < 1.29 is 24.3 Å². The Balaban J connectivity index is 1.60. The van der Waals surface area contributed by atoms with E-state index in [0.29, 0.717) is 23.6 Å². The highest BCUT2D eigenvalue weighted by Crippen LogP contribution is 2.48. The summed E-state index contributed by atoms with van der Waals surface area (Å²) in [6, 6.07) is 21.1. The number of hydrogen-bond donors (Lipinski definition) is 1. The second-order valence-electron chi connectivity index (χ2n) is 8.17. The number of carbonyl (C=O) groups excluding carboxylic acids is 2. The van der Waals surface area contributed by atoms with Gasteiger partial charge >= 0.3 is 0 Å². The molecule has 33 heavy (non-hydrogen) atoms. The monoisotopic (exact) mass is 444 g/mol. The summed E-state index contributed by atoms with van der Waals surface area (Å²) in [5.41, 5.74) is 2.92. The number of amides is 2. The number of aryl methyl sites for hydroxylation is 1. The van der Waals surface area contributed by atoms with Crippen LogP contribution in [0.4, 0.5) is 11.4 Å². The SMILES string of the molecule is CCOc1cc([C@H]2[C@@H]3C(=O)N(c4cccc(C)c4)C(=O)[C@H]3ON2c2ccccc2)ccc1O. The number of benzene rings is 3. The molecule has 0 saturated carbocycles. The van der Waals surface area contributed by atoms with E-state index in [-0.39, 0.29) is 17.6 Å². The molecule has 2 heterocycles. The highest BCUT2D eigenvalue weighted by molar-refractivity contribution is 6.24. The first kappa shape index (κ1) is 21.0. The maximum absolute atomic E-state index is 13.7. The van der Waals surface area contributed by atoms with Gasteiger partial charge in [0.1, 0.15) is 5.92 Å². The van der Waals surface area contributed by atoms with E-state index in [2.05, 4.69) is 0 Å². The summed E-state index contributed by atoms with van der Waals surface area (Å²) in [6.07, 6.45) is -0.951. The predicted molar refractivity (Wildman–Crippen MR) is 123 cm³/mol. The number of hydrogen-bond acceptors (Lipinski definition) is 6. The van der Waals surface area contributed by atoms with E-state index in [1.165, 1.54) is 11.0 Å². The molecule has 0 aromatic heterocycles. The van der Waals surface area contributed by atoms with Gasteiger partial charge < -0.3 is 9.84 Å². The lowest BCUT2D eigenvalue weighted by molar-refractivity contribution is -0.126. The summed E-state index contributed by atoms with van der Waals surface area (Å²) in [5, 5.41) is 11.8. The van der Waals surface area contributed by atoms with Gasteiger partial charge in [-0.1, -0.05) is 36.4 Å². The molecule has 0 bridgehead atoms. The number of imide groups is 1. The number of carbonyl (C=O) groups is 2. The Morgan fingerprint density at radius 1 is 0.939 bits per heavy atom. The standard InChI is InChI=1S/C26H24N2O5/c1-3-32-21-15-17(12-13-20(21)29)23-22-24(33-28(23)18-9-5-4-6-10-18)26(31)27(25(22)30)19-11-7-8-16(2)14-19/h4-15,22-24,29H,3H2,1-2H3/t22-,23-,24-/m0/s1. The van der Waals surface area contributed by atoms with Crippen molar-refractivity contribution in [3.63, 3.8) is 0 Å². The van der Waals surface area contributed by atoms with Crippen molar-refractivity contribution in [3.05, 3.63) is 83.9 Å². The Labute approximate surface area is 191 Å². The fourth-order valence-corrected chi connectivity index (χ4v) is 4.56. The third kappa shape index (κ3) is 3.50. The average molecular weight is 444 g/mol. The summed E-state index contributed by atoms with van der Waals surface area (Å²) in [4.78, 5) is 34.4. The molecule has 2 aliphatic heterocycles. The van der Waals surface area contributed by atoms with Crippen molar-refractivity contribution in [3.8, 4) is 11.5 Å². The molecule has 2 fully saturated rings. The maximum Gasteiger partial charge on any atom is 0.266 e. The van der Waals surface area contributed by atoms with Gasteiger partial charge in [-0.2, -0.15) is 0 Å². The number of rotatable bonds is 5. The van der Waals surface area contributed by atoms with Crippen LogP contribution >= 0.6 is 0 Å². The molecule has 3 aromatic carbocycles. The fraction of sp³-hybridized carbons (Fsp3) is 0.231. The Bertz CT molecular complexity index is 1210. The Hall–Kier alpha value is -3.84. The molecule has 168 valence electrons. The zero-order valence-electron chi connectivity index (χ0n) is 18.3. The molecule has 7 nitrogen and oxygen atoms in total. The van der Waals surface area contributed by atoms with Crippen LogP contribution < -0.4 is 14.7 Å². The lowest BCUT2D eigenvalue weighted by Gasteiger charge is -2.29. The fourth-order valence-electron chi connectivity index (χ4n) is 4.56. The van der Waals surface area contributed by atoms with E-state index in [0.717, 1.165) is 11.3 Å². The number of ether oxygens (including phenoxy) is 1. The highest BCUT2D eigenvalue weighted by atomic mass is 16.7. The molecule has 2 saturated heterocycles. The first-order chi connectivity index (χ1) is 16.0. The minimum absolute atomic E-state index is 0.0116. The number of para-hydroxylation sites is 1. The highest BCUT2D eigenvalue weighted by Gasteiger charge is 2.60. The lowest BCUT2D eigenvalue weighted by Crippen LogP contribution is -2.37. The van der Waals surface area contributed by atoms with E-state index in [1.807, 2.05) is 62.4 Å². The van der Waals surface area contributed by atoms with Crippen LogP contribution in [0.1, 0.15) is 24.1 Å². The van der Waals surface area contributed by atoms with Gasteiger partial charge in [-0.15, -0.1) is 0 Å². The molecule has 0 aliphatic carbocycles. The second-order valence-corrected chi connectivity index (χ2v) is 8.17. The number of anilines is 2. The summed E-state index contributed by atoms with van der Waals surface area (Å²) in [5.74, 6) is -1.12. The van der Waals surface area contributed by atoms with E-state index >= 15 is 0 Å². The van der Waals surface area contributed by atoms with Crippen molar-refractivity contribution in [1.82, 2.24) is 0 Å². The van der Waals surface area contributed by atoms with Crippen molar-refractivity contribution in [2.75, 3.05) is 16.6 Å². The predicted octanol–water partition coefficient (Wildman–Crippen LogP) is 4.15. The van der Waals surface area contributed by atoms with E-state index in [1.54, 1.807) is 23.3 Å². The summed E-state index contributed by atoms with van der Waals surface area (Å²) >= 11 is 0. The van der Waals surface area contributed by atoms with Crippen molar-refractivity contribution in [1.29, 1.82) is 0 Å². The van der Waals surface area contributed by atoms with E-state index < -0.39 is 18.1 Å². The van der Waals surface area contributed by atoms with Gasteiger partial charge in [0.15, 0.2) is 17.6 Å². The first-order valence-corrected chi connectivity index (χ1v) is 10.9. The van der Waals surface area contributed by atoms with Crippen LogP contribution in [0, 0.1) is 12.8 Å². The quantitative estimate of drug-likeness (QED) is 0.596. The van der Waals surface area contributed by atoms with Gasteiger partial charge in [-0.05, 0) is 61.4 Å². The molecule has 3 atom stereocenters. The van der Waals surface area contributed by atoms with Gasteiger partial charge in [0.05, 0.1) is 24.0 Å². The summed E-state index contributed by atoms with van der Waals surface area (Å²) in [7, 11) is 0. The largest absolute Gasteiger partial charge is 0.504 e. The lowest BCUT2D eigenvalue weighted by atomic mass is 9.90. The molecule has 2 aliphatic rings. The molecular formula is C26H24N2O5. The molecule has 1 N–H and O–H groups in total. The minimum Gasteiger partial charge on any atom is -0.504 e. The van der Waals surface area contributed by atoms with Crippen molar-refractivity contribution in [2.45, 2.75) is 26.0 Å². The minimum atomic E-state index is -0.951. The van der Waals surface area contributed by atoms with Crippen LogP contribution in [0.3, 0.4) is 0 Å². The maximum atomic E-state index is 13.7. The van der Waals surface area contributed by atoms with Gasteiger partial charge in [0.2, 0.25) is 5.91 Å². The molecule has 0 spiro atoms. The smallest absolute Gasteiger partial charge is 0.266 e. The van der Waals surface area contributed by atoms with Gasteiger partial charge in [0, 0.05) is 0 Å². The zero-order valence-corrected chi connectivity index (χ0v) is 18.3. The molecule has 0 unspecified atom stereocenters. The zero-order chi connectivity index (χ0) is 23.1. The number of fused-ring (bicyclic) bond motifs is 1. The number of phenols is 1. The van der Waals surface area contributed by atoms with Crippen LogP contribution in [0.15, 0.2) is 72.8 Å². The van der Waals surface area contributed by atoms with Crippen LogP contribution in [0.5, 0.6) is 11.5 Å². The van der Waals surface area contributed by atoms with E-state index in [4.69, 9.17) is 9.57 Å². The molecular weight excluding hydrogens is 420 g/mol. The van der Waals surface area contributed by atoms with Crippen LogP contribution in [-0.2, 0) is 14.4 Å². The Kier molecular flexibility index (Phi) is 5.26. The summed E-state index contributed by atoms with van der Waals surface area (Å²) < 4.78 is 5.57. The van der Waals surface area contributed by atoms with Crippen LogP contribution in [0.25, 0.3) is 0 Å². The first-order valence-electron chi connectivity index (χ1n) is 10.9. The van der Waals surface area contributed by atoms with E-state index in [9.17, 15) is 14.7 Å². The number of phenolic OH excluding ortho intramolecular Hbond substituents is 1. The third-order valence-electron chi connectivity index (χ3n) is 6.01. The molecule has 5 rings (SSSR count). The molecule has 7 heteroatoms. The topological polar surface area (TPSA) is 79.3 Å². The molecule has 0 radical (unpaired) electrons. The van der Waals surface area contributed by atoms with Gasteiger partial charge in [0.25, 0.3) is 5.91 Å². The average Bonchev–Trinajstić information content (AvgIpc) is 3.32. The third-order valence-corrected chi connectivity index (χ3v) is 6.01. The number of hydroxylamine groups is 1. The number of aromatic hydroxyl groups is 1. The Morgan fingerprint density at radius 3 is 2.42 bits per heavy atom. The summed E-state index contributed by atoms with van der Waals surface area (Å²) in [6.45, 7) is 4.12. The Morgan fingerprint density at radius 2 is 1.70 bits per heavy atom.